The second-order valence-electron chi connectivity index (χ2n) is 7.15. The Morgan fingerprint density at radius 1 is 0.933 bits per heavy atom. The topological polar surface area (TPSA) is 69.7 Å². The Balaban J connectivity index is 1.47. The summed E-state index contributed by atoms with van der Waals surface area (Å²) in [4.78, 5) is 39.3. The van der Waals surface area contributed by atoms with Crippen LogP contribution in [-0.4, -0.2) is 53.7 Å². The molecule has 0 radical (unpaired) electrons. The first-order valence-electron chi connectivity index (χ1n) is 9.77. The average molecular weight is 409 g/mol. The van der Waals surface area contributed by atoms with E-state index in [-0.39, 0.29) is 30.0 Å². The molecular formula is C23H24FN3O3. The smallest absolute Gasteiger partial charge is 0.246 e. The zero-order valence-corrected chi connectivity index (χ0v) is 16.8. The van der Waals surface area contributed by atoms with E-state index in [4.69, 9.17) is 0 Å². The molecule has 1 saturated heterocycles. The number of carbonyl (C=O) groups excluding carboxylic acids is 3. The van der Waals surface area contributed by atoms with Crippen molar-refractivity contribution in [3.8, 4) is 0 Å². The number of rotatable bonds is 5. The van der Waals surface area contributed by atoms with Gasteiger partial charge in [-0.05, 0) is 41.5 Å². The molecule has 156 valence electrons. The van der Waals surface area contributed by atoms with Gasteiger partial charge in [0.05, 0.1) is 6.42 Å². The third-order valence-corrected chi connectivity index (χ3v) is 4.86. The van der Waals surface area contributed by atoms with Crippen LogP contribution in [0, 0.1) is 5.82 Å². The zero-order valence-electron chi connectivity index (χ0n) is 16.8. The van der Waals surface area contributed by atoms with Crippen molar-refractivity contribution in [2.24, 2.45) is 0 Å². The molecule has 0 unspecified atom stereocenters. The number of carbonyl (C=O) groups is 3. The van der Waals surface area contributed by atoms with Gasteiger partial charge in [-0.25, -0.2) is 4.39 Å². The molecule has 3 rings (SSSR count). The van der Waals surface area contributed by atoms with E-state index in [0.29, 0.717) is 31.9 Å². The molecular weight excluding hydrogens is 385 g/mol. The van der Waals surface area contributed by atoms with Gasteiger partial charge in [0.25, 0.3) is 0 Å². The highest BCUT2D eigenvalue weighted by Gasteiger charge is 2.23. The zero-order chi connectivity index (χ0) is 21.5. The molecule has 0 spiro atoms. The fourth-order valence-corrected chi connectivity index (χ4v) is 3.22. The Hall–Kier alpha value is -3.48. The van der Waals surface area contributed by atoms with Crippen LogP contribution in [0.5, 0.6) is 0 Å². The minimum absolute atomic E-state index is 0.0245. The first-order chi connectivity index (χ1) is 14.4. The van der Waals surface area contributed by atoms with Crippen molar-refractivity contribution in [3.05, 3.63) is 71.6 Å². The minimum Gasteiger partial charge on any atom is -0.339 e. The standard InChI is InChI=1S/C23H24FN3O3/c1-17(28)25-21-9-4-18(5-10-21)6-11-22(29)26-12-14-27(15-13-26)23(30)16-19-2-7-20(24)8-3-19/h2-11H,12-16H2,1H3,(H,25,28)/b11-6+. The van der Waals surface area contributed by atoms with Crippen LogP contribution < -0.4 is 5.32 Å². The molecule has 7 heteroatoms. The summed E-state index contributed by atoms with van der Waals surface area (Å²) in [7, 11) is 0. The van der Waals surface area contributed by atoms with Gasteiger partial charge in [0.2, 0.25) is 17.7 Å². The van der Waals surface area contributed by atoms with Gasteiger partial charge in [0.15, 0.2) is 0 Å². The van der Waals surface area contributed by atoms with Gasteiger partial charge in [-0.15, -0.1) is 0 Å². The van der Waals surface area contributed by atoms with E-state index in [1.54, 1.807) is 40.1 Å². The van der Waals surface area contributed by atoms with Gasteiger partial charge >= 0.3 is 0 Å². The van der Waals surface area contributed by atoms with Crippen LogP contribution in [0.1, 0.15) is 18.1 Å². The number of halogens is 1. The third kappa shape index (κ3) is 6.01. The van der Waals surface area contributed by atoms with Crippen LogP contribution in [0.2, 0.25) is 0 Å². The first-order valence-corrected chi connectivity index (χ1v) is 9.77. The summed E-state index contributed by atoms with van der Waals surface area (Å²) >= 11 is 0. The van der Waals surface area contributed by atoms with Gasteiger partial charge < -0.3 is 15.1 Å². The number of anilines is 1. The van der Waals surface area contributed by atoms with Gasteiger partial charge in [0.1, 0.15) is 5.82 Å². The Morgan fingerprint density at radius 3 is 2.13 bits per heavy atom. The lowest BCUT2D eigenvalue weighted by Crippen LogP contribution is -2.50. The fraction of sp³-hybridized carbons (Fsp3) is 0.261. The van der Waals surface area contributed by atoms with Gasteiger partial charge in [-0.2, -0.15) is 0 Å². The number of hydrogen-bond acceptors (Lipinski definition) is 3. The number of benzene rings is 2. The van der Waals surface area contributed by atoms with E-state index in [1.165, 1.54) is 25.1 Å². The molecule has 0 saturated carbocycles. The molecule has 0 bridgehead atoms. The molecule has 2 aromatic rings. The summed E-state index contributed by atoms with van der Waals surface area (Å²) in [5.41, 5.74) is 2.32. The molecule has 2 aromatic carbocycles. The molecule has 0 aromatic heterocycles. The largest absolute Gasteiger partial charge is 0.339 e. The molecule has 1 fully saturated rings. The third-order valence-electron chi connectivity index (χ3n) is 4.86. The van der Waals surface area contributed by atoms with Crippen molar-refractivity contribution in [1.29, 1.82) is 0 Å². The summed E-state index contributed by atoms with van der Waals surface area (Å²) in [6, 6.07) is 13.1. The second-order valence-corrected chi connectivity index (χ2v) is 7.15. The highest BCUT2D eigenvalue weighted by Crippen LogP contribution is 2.12. The molecule has 0 aliphatic carbocycles. The highest BCUT2D eigenvalue weighted by molar-refractivity contribution is 5.92. The van der Waals surface area contributed by atoms with Crippen LogP contribution in [0.4, 0.5) is 10.1 Å². The lowest BCUT2D eigenvalue weighted by molar-refractivity contribution is -0.136. The van der Waals surface area contributed by atoms with Gasteiger partial charge in [-0.1, -0.05) is 24.3 Å². The molecule has 6 nitrogen and oxygen atoms in total. The average Bonchev–Trinajstić information content (AvgIpc) is 2.74. The van der Waals surface area contributed by atoms with Crippen molar-refractivity contribution in [3.63, 3.8) is 0 Å². The molecule has 1 aliphatic heterocycles. The second kappa shape index (κ2) is 9.82. The number of nitrogens with one attached hydrogen (secondary N) is 1. The van der Waals surface area contributed by atoms with Crippen molar-refractivity contribution in [1.82, 2.24) is 9.80 Å². The molecule has 1 heterocycles. The number of nitrogens with zero attached hydrogens (tertiary/aromatic N) is 2. The monoisotopic (exact) mass is 409 g/mol. The molecule has 1 aliphatic rings. The van der Waals surface area contributed by atoms with E-state index in [1.807, 2.05) is 12.1 Å². The Labute approximate surface area is 175 Å². The summed E-state index contributed by atoms with van der Waals surface area (Å²) in [6.07, 6.45) is 3.47. The molecule has 3 amide bonds. The van der Waals surface area contributed by atoms with E-state index >= 15 is 0 Å². The van der Waals surface area contributed by atoms with Crippen LogP contribution in [0.25, 0.3) is 6.08 Å². The number of piperazine rings is 1. The summed E-state index contributed by atoms with van der Waals surface area (Å²) < 4.78 is 13.0. The van der Waals surface area contributed by atoms with Crippen LogP contribution in [-0.2, 0) is 20.8 Å². The van der Waals surface area contributed by atoms with Gasteiger partial charge in [0, 0.05) is 44.9 Å². The fourth-order valence-electron chi connectivity index (χ4n) is 3.22. The maximum atomic E-state index is 13.0. The highest BCUT2D eigenvalue weighted by atomic mass is 19.1. The molecule has 1 N–H and O–H groups in total. The first kappa shape index (κ1) is 21.2. The molecule has 30 heavy (non-hydrogen) atoms. The molecule has 0 atom stereocenters. The Bertz CT molecular complexity index is 931. The Morgan fingerprint density at radius 2 is 1.53 bits per heavy atom. The lowest BCUT2D eigenvalue weighted by Gasteiger charge is -2.34. The van der Waals surface area contributed by atoms with E-state index in [0.717, 1.165) is 11.1 Å². The summed E-state index contributed by atoms with van der Waals surface area (Å²) in [5, 5.41) is 2.69. The predicted molar refractivity (Wildman–Crippen MR) is 113 cm³/mol. The van der Waals surface area contributed by atoms with Crippen molar-refractivity contribution >= 4 is 29.5 Å². The number of hydrogen-bond donors (Lipinski definition) is 1. The minimum atomic E-state index is -0.324. The Kier molecular flexibility index (Phi) is 6.95. The van der Waals surface area contributed by atoms with Gasteiger partial charge in [-0.3, -0.25) is 14.4 Å². The SMILES string of the molecule is CC(=O)Nc1ccc(/C=C/C(=O)N2CCN(C(=O)Cc3ccc(F)cc3)CC2)cc1. The number of amides is 3. The summed E-state index contributed by atoms with van der Waals surface area (Å²) in [5.74, 6) is -0.589. The van der Waals surface area contributed by atoms with Crippen molar-refractivity contribution in [2.75, 3.05) is 31.5 Å². The van der Waals surface area contributed by atoms with E-state index < -0.39 is 0 Å². The van der Waals surface area contributed by atoms with E-state index in [9.17, 15) is 18.8 Å². The quantitative estimate of drug-likeness (QED) is 0.772. The van der Waals surface area contributed by atoms with E-state index in [2.05, 4.69) is 5.32 Å². The maximum absolute atomic E-state index is 13.0. The van der Waals surface area contributed by atoms with Crippen LogP contribution in [0.3, 0.4) is 0 Å². The lowest BCUT2D eigenvalue weighted by atomic mass is 10.1. The van der Waals surface area contributed by atoms with Crippen molar-refractivity contribution in [2.45, 2.75) is 13.3 Å². The van der Waals surface area contributed by atoms with Crippen molar-refractivity contribution < 1.29 is 18.8 Å². The normalized spacial score (nSPS) is 14.1. The van der Waals surface area contributed by atoms with Crippen LogP contribution >= 0.6 is 0 Å². The maximum Gasteiger partial charge on any atom is 0.246 e. The summed E-state index contributed by atoms with van der Waals surface area (Å²) in [6.45, 7) is 3.35. The predicted octanol–water partition coefficient (Wildman–Crippen LogP) is 2.71. The van der Waals surface area contributed by atoms with Crippen LogP contribution in [0.15, 0.2) is 54.6 Å².